The zero-order valence-electron chi connectivity index (χ0n) is 14.9. The zero-order chi connectivity index (χ0) is 19.4. The summed E-state index contributed by atoms with van der Waals surface area (Å²) in [4.78, 5) is 5.36. The Morgan fingerprint density at radius 3 is 2.63 bits per heavy atom. The molecule has 0 spiro atoms. The summed E-state index contributed by atoms with van der Waals surface area (Å²) in [6.45, 7) is 2.08. The SMILES string of the molecule is COc1ccc(F)cc1S(=O)(=O)NCCc1sc(-c2ccccc2)nc1C. The lowest BCUT2D eigenvalue weighted by Crippen LogP contribution is -2.26. The Morgan fingerprint density at radius 2 is 1.93 bits per heavy atom. The van der Waals surface area contributed by atoms with Crippen LogP contribution in [0.4, 0.5) is 4.39 Å². The van der Waals surface area contributed by atoms with Gasteiger partial charge in [-0.3, -0.25) is 0 Å². The van der Waals surface area contributed by atoms with Gasteiger partial charge in [-0.2, -0.15) is 0 Å². The lowest BCUT2D eigenvalue weighted by atomic mass is 10.2. The van der Waals surface area contributed by atoms with Crippen LogP contribution in [0.5, 0.6) is 5.75 Å². The minimum atomic E-state index is -3.88. The van der Waals surface area contributed by atoms with Crippen LogP contribution in [0.3, 0.4) is 0 Å². The van der Waals surface area contributed by atoms with Gasteiger partial charge in [-0.15, -0.1) is 11.3 Å². The van der Waals surface area contributed by atoms with Gasteiger partial charge in [-0.05, 0) is 31.5 Å². The molecule has 1 aromatic heterocycles. The van der Waals surface area contributed by atoms with Crippen LogP contribution in [0.1, 0.15) is 10.6 Å². The van der Waals surface area contributed by atoms with E-state index in [4.69, 9.17) is 4.74 Å². The third kappa shape index (κ3) is 4.52. The maximum atomic E-state index is 13.5. The van der Waals surface area contributed by atoms with Crippen LogP contribution in [-0.4, -0.2) is 27.1 Å². The first-order chi connectivity index (χ1) is 12.9. The smallest absolute Gasteiger partial charge is 0.244 e. The molecule has 0 atom stereocenters. The Labute approximate surface area is 161 Å². The van der Waals surface area contributed by atoms with Crippen molar-refractivity contribution in [3.63, 3.8) is 0 Å². The zero-order valence-corrected chi connectivity index (χ0v) is 16.5. The fraction of sp³-hybridized carbons (Fsp3) is 0.211. The van der Waals surface area contributed by atoms with Crippen molar-refractivity contribution >= 4 is 21.4 Å². The molecule has 27 heavy (non-hydrogen) atoms. The molecule has 2 aromatic carbocycles. The average Bonchev–Trinajstić information content (AvgIpc) is 3.03. The van der Waals surface area contributed by atoms with Crippen molar-refractivity contribution < 1.29 is 17.5 Å². The number of rotatable bonds is 7. The number of ether oxygens (including phenoxy) is 1. The number of sulfonamides is 1. The van der Waals surface area contributed by atoms with E-state index in [1.807, 2.05) is 37.3 Å². The molecule has 1 N–H and O–H groups in total. The predicted octanol–water partition coefficient (Wildman–Crippen LogP) is 3.79. The van der Waals surface area contributed by atoms with Crippen LogP contribution in [0.25, 0.3) is 10.6 Å². The molecule has 0 bridgehead atoms. The van der Waals surface area contributed by atoms with Crippen LogP contribution in [0.2, 0.25) is 0 Å². The van der Waals surface area contributed by atoms with E-state index in [0.29, 0.717) is 6.42 Å². The first-order valence-electron chi connectivity index (χ1n) is 8.25. The van der Waals surface area contributed by atoms with E-state index in [9.17, 15) is 12.8 Å². The minimum absolute atomic E-state index is 0.101. The van der Waals surface area contributed by atoms with Gasteiger partial charge in [0.25, 0.3) is 0 Å². The Bertz CT molecular complexity index is 1030. The summed E-state index contributed by atoms with van der Waals surface area (Å²) in [6.07, 6.45) is 0.493. The second-order valence-corrected chi connectivity index (χ2v) is 8.66. The van der Waals surface area contributed by atoms with Gasteiger partial charge >= 0.3 is 0 Å². The quantitative estimate of drug-likeness (QED) is 0.648. The second kappa shape index (κ2) is 8.16. The highest BCUT2D eigenvalue weighted by Gasteiger charge is 2.20. The monoisotopic (exact) mass is 406 g/mol. The number of benzene rings is 2. The Morgan fingerprint density at radius 1 is 1.19 bits per heavy atom. The Balaban J connectivity index is 1.71. The molecule has 0 amide bonds. The molecule has 0 saturated carbocycles. The van der Waals surface area contributed by atoms with E-state index >= 15 is 0 Å². The molecule has 0 radical (unpaired) electrons. The minimum Gasteiger partial charge on any atom is -0.495 e. The maximum absolute atomic E-state index is 13.5. The number of nitrogens with one attached hydrogen (secondary N) is 1. The molecule has 0 fully saturated rings. The van der Waals surface area contributed by atoms with Crippen LogP contribution >= 0.6 is 11.3 Å². The summed E-state index contributed by atoms with van der Waals surface area (Å²) >= 11 is 1.54. The highest BCUT2D eigenvalue weighted by Crippen LogP contribution is 2.28. The Hall–Kier alpha value is -2.29. The molecule has 0 aliphatic heterocycles. The second-order valence-electron chi connectivity index (χ2n) is 5.84. The van der Waals surface area contributed by atoms with Crippen molar-refractivity contribution in [1.82, 2.24) is 9.71 Å². The molecule has 0 saturated heterocycles. The van der Waals surface area contributed by atoms with E-state index in [0.717, 1.165) is 33.3 Å². The lowest BCUT2D eigenvalue weighted by Gasteiger charge is -2.10. The summed E-state index contributed by atoms with van der Waals surface area (Å²) in [6, 6.07) is 13.2. The van der Waals surface area contributed by atoms with Crippen LogP contribution in [-0.2, 0) is 16.4 Å². The molecule has 8 heteroatoms. The van der Waals surface area contributed by atoms with Gasteiger partial charge in [-0.1, -0.05) is 30.3 Å². The molecule has 0 aliphatic carbocycles. The molecule has 5 nitrogen and oxygen atoms in total. The number of hydrogen-bond donors (Lipinski definition) is 1. The highest BCUT2D eigenvalue weighted by atomic mass is 32.2. The standard InChI is InChI=1S/C19H19FN2O3S2/c1-13-17(26-19(22-13)14-6-4-3-5-7-14)10-11-21-27(23,24)18-12-15(20)8-9-16(18)25-2/h3-9,12,21H,10-11H2,1-2H3. The summed E-state index contributed by atoms with van der Waals surface area (Å²) in [5.41, 5.74) is 1.91. The number of halogens is 1. The molecular formula is C19H19FN2O3S2. The number of methoxy groups -OCH3 is 1. The van der Waals surface area contributed by atoms with Gasteiger partial charge in [0.05, 0.1) is 12.8 Å². The lowest BCUT2D eigenvalue weighted by molar-refractivity contribution is 0.400. The molecule has 3 rings (SSSR count). The van der Waals surface area contributed by atoms with Crippen molar-refractivity contribution in [2.45, 2.75) is 18.2 Å². The van der Waals surface area contributed by atoms with E-state index in [-0.39, 0.29) is 17.2 Å². The fourth-order valence-corrected chi connectivity index (χ4v) is 4.88. The van der Waals surface area contributed by atoms with Crippen molar-refractivity contribution in [3.8, 4) is 16.3 Å². The number of aromatic nitrogens is 1. The van der Waals surface area contributed by atoms with E-state index < -0.39 is 15.8 Å². The van der Waals surface area contributed by atoms with Gasteiger partial charge in [0.1, 0.15) is 21.5 Å². The predicted molar refractivity (Wildman–Crippen MR) is 104 cm³/mol. The van der Waals surface area contributed by atoms with Gasteiger partial charge in [0.2, 0.25) is 10.0 Å². The van der Waals surface area contributed by atoms with Crippen molar-refractivity contribution in [3.05, 3.63) is 64.9 Å². The number of hydrogen-bond acceptors (Lipinski definition) is 5. The first kappa shape index (κ1) is 19.5. The summed E-state index contributed by atoms with van der Waals surface area (Å²) < 4.78 is 46.0. The topological polar surface area (TPSA) is 68.3 Å². The highest BCUT2D eigenvalue weighted by molar-refractivity contribution is 7.89. The van der Waals surface area contributed by atoms with Crippen LogP contribution < -0.4 is 9.46 Å². The van der Waals surface area contributed by atoms with Crippen molar-refractivity contribution in [1.29, 1.82) is 0 Å². The van der Waals surface area contributed by atoms with E-state index in [1.54, 1.807) is 0 Å². The molecule has 0 unspecified atom stereocenters. The fourth-order valence-electron chi connectivity index (χ4n) is 2.60. The number of thiazole rings is 1. The molecule has 142 valence electrons. The summed E-state index contributed by atoms with van der Waals surface area (Å²) in [5.74, 6) is -0.536. The van der Waals surface area contributed by atoms with Gasteiger partial charge in [0, 0.05) is 17.0 Å². The molecule has 0 aliphatic rings. The molecule has 1 heterocycles. The summed E-state index contributed by atoms with van der Waals surface area (Å²) in [7, 11) is -2.54. The maximum Gasteiger partial charge on any atom is 0.244 e. The summed E-state index contributed by atoms with van der Waals surface area (Å²) in [5, 5.41) is 0.901. The van der Waals surface area contributed by atoms with Gasteiger partial charge in [-0.25, -0.2) is 22.5 Å². The largest absolute Gasteiger partial charge is 0.495 e. The third-order valence-corrected chi connectivity index (χ3v) is 6.72. The number of nitrogens with zero attached hydrogens (tertiary/aromatic N) is 1. The normalized spacial score (nSPS) is 11.5. The molecule has 3 aromatic rings. The third-order valence-electron chi connectivity index (χ3n) is 3.97. The Kier molecular flexibility index (Phi) is 5.88. The molecular weight excluding hydrogens is 387 g/mol. The average molecular weight is 407 g/mol. The first-order valence-corrected chi connectivity index (χ1v) is 10.6. The van der Waals surface area contributed by atoms with Gasteiger partial charge in [0.15, 0.2) is 0 Å². The van der Waals surface area contributed by atoms with Gasteiger partial charge < -0.3 is 4.74 Å². The van der Waals surface area contributed by atoms with Crippen LogP contribution in [0, 0.1) is 12.7 Å². The van der Waals surface area contributed by atoms with Crippen LogP contribution in [0.15, 0.2) is 53.4 Å². The van der Waals surface area contributed by atoms with E-state index in [2.05, 4.69) is 9.71 Å². The van der Waals surface area contributed by atoms with Crippen molar-refractivity contribution in [2.75, 3.05) is 13.7 Å². The number of aryl methyl sites for hydroxylation is 1. The van der Waals surface area contributed by atoms with Crippen molar-refractivity contribution in [2.24, 2.45) is 0 Å². The van der Waals surface area contributed by atoms with E-state index in [1.165, 1.54) is 24.5 Å².